The molecule has 0 spiro atoms. The summed E-state index contributed by atoms with van der Waals surface area (Å²) in [5, 5.41) is 0. The Morgan fingerprint density at radius 2 is 2.00 bits per heavy atom. The standard InChI is InChI=1S/C13H9N2/c1-2-6-11(7-3-1)12-10-15-9-5-4-8-13(15)14-12/h1-6,8-10H. The Balaban J connectivity index is 2.21. The minimum atomic E-state index is 0.960. The number of aromatic nitrogens is 2. The molecule has 0 bridgehead atoms. The van der Waals surface area contributed by atoms with Gasteiger partial charge in [-0.2, -0.15) is 0 Å². The predicted octanol–water partition coefficient (Wildman–Crippen LogP) is 2.80. The van der Waals surface area contributed by atoms with E-state index in [2.05, 4.69) is 11.1 Å². The van der Waals surface area contributed by atoms with Crippen LogP contribution in [0, 0.1) is 6.07 Å². The molecule has 0 unspecified atom stereocenters. The van der Waals surface area contributed by atoms with Crippen molar-refractivity contribution >= 4 is 5.65 Å². The Kier molecular flexibility index (Phi) is 1.78. The average molecular weight is 193 g/mol. The monoisotopic (exact) mass is 193 g/mol. The zero-order valence-electron chi connectivity index (χ0n) is 8.09. The van der Waals surface area contributed by atoms with Gasteiger partial charge in [0.05, 0.1) is 5.69 Å². The van der Waals surface area contributed by atoms with E-state index >= 15 is 0 Å². The lowest BCUT2D eigenvalue weighted by Crippen LogP contribution is -1.77. The number of nitrogens with zero attached hydrogens (tertiary/aromatic N) is 2. The summed E-state index contributed by atoms with van der Waals surface area (Å²) in [5.74, 6) is 0. The van der Waals surface area contributed by atoms with Crippen molar-refractivity contribution in [3.05, 3.63) is 60.9 Å². The third-order valence-corrected chi connectivity index (χ3v) is 2.35. The Hall–Kier alpha value is -2.09. The number of imidazole rings is 1. The van der Waals surface area contributed by atoms with E-state index in [0.717, 1.165) is 16.9 Å². The van der Waals surface area contributed by atoms with E-state index in [9.17, 15) is 0 Å². The molecule has 2 aromatic heterocycles. The third kappa shape index (κ3) is 1.40. The third-order valence-electron chi connectivity index (χ3n) is 2.35. The molecule has 0 amide bonds. The highest BCUT2D eigenvalue weighted by Crippen LogP contribution is 2.17. The van der Waals surface area contributed by atoms with Gasteiger partial charge in [-0.25, -0.2) is 4.98 Å². The second-order valence-electron chi connectivity index (χ2n) is 3.37. The van der Waals surface area contributed by atoms with Gasteiger partial charge in [0.15, 0.2) is 0 Å². The van der Waals surface area contributed by atoms with E-state index in [0.29, 0.717) is 0 Å². The normalized spacial score (nSPS) is 10.7. The Labute approximate surface area is 87.8 Å². The lowest BCUT2D eigenvalue weighted by Gasteiger charge is -1.91. The van der Waals surface area contributed by atoms with Gasteiger partial charge < -0.3 is 4.40 Å². The number of fused-ring (bicyclic) bond motifs is 1. The highest BCUT2D eigenvalue weighted by atomic mass is 15.0. The molecule has 0 N–H and O–H groups in total. The van der Waals surface area contributed by atoms with Crippen LogP contribution >= 0.6 is 0 Å². The van der Waals surface area contributed by atoms with Crippen LogP contribution in [-0.2, 0) is 0 Å². The molecule has 3 rings (SSSR count). The summed E-state index contributed by atoms with van der Waals surface area (Å²) in [6.07, 6.45) is 4.01. The predicted molar refractivity (Wildman–Crippen MR) is 59.5 cm³/mol. The van der Waals surface area contributed by atoms with Gasteiger partial charge in [0, 0.05) is 18.0 Å². The number of pyridine rings is 1. The maximum atomic E-state index is 4.51. The van der Waals surface area contributed by atoms with Crippen LogP contribution in [0.15, 0.2) is 54.9 Å². The number of hydrogen-bond acceptors (Lipinski definition) is 1. The molecule has 0 aliphatic rings. The average Bonchev–Trinajstić information content (AvgIpc) is 2.74. The maximum Gasteiger partial charge on any atom is 0.137 e. The van der Waals surface area contributed by atoms with Gasteiger partial charge in [0.2, 0.25) is 0 Å². The van der Waals surface area contributed by atoms with Gasteiger partial charge >= 0.3 is 0 Å². The van der Waals surface area contributed by atoms with Crippen molar-refractivity contribution in [2.75, 3.05) is 0 Å². The van der Waals surface area contributed by atoms with E-state index < -0.39 is 0 Å². The molecule has 0 atom stereocenters. The van der Waals surface area contributed by atoms with Crippen LogP contribution in [0.3, 0.4) is 0 Å². The first-order chi connectivity index (χ1) is 7.43. The SMILES string of the molecule is [c]1ccccc1-c1cn2ccccc2n1. The molecule has 0 aliphatic heterocycles. The molecular weight excluding hydrogens is 184 g/mol. The topological polar surface area (TPSA) is 17.3 Å². The fourth-order valence-electron chi connectivity index (χ4n) is 1.62. The molecule has 2 heterocycles. The van der Waals surface area contributed by atoms with Crippen molar-refractivity contribution in [3.8, 4) is 11.3 Å². The fraction of sp³-hybridized carbons (Fsp3) is 0. The fourth-order valence-corrected chi connectivity index (χ4v) is 1.62. The van der Waals surface area contributed by atoms with Crippen molar-refractivity contribution in [3.63, 3.8) is 0 Å². The largest absolute Gasteiger partial charge is 0.306 e. The summed E-state index contributed by atoms with van der Waals surface area (Å²) in [6.45, 7) is 0. The molecule has 71 valence electrons. The second-order valence-corrected chi connectivity index (χ2v) is 3.37. The first-order valence-corrected chi connectivity index (χ1v) is 4.84. The van der Waals surface area contributed by atoms with Crippen molar-refractivity contribution in [2.24, 2.45) is 0 Å². The second kappa shape index (κ2) is 3.24. The first kappa shape index (κ1) is 8.24. The molecular formula is C13H9N2. The number of rotatable bonds is 1. The van der Waals surface area contributed by atoms with Crippen LogP contribution in [0.4, 0.5) is 0 Å². The molecule has 1 aromatic carbocycles. The van der Waals surface area contributed by atoms with E-state index in [-0.39, 0.29) is 0 Å². The summed E-state index contributed by atoms with van der Waals surface area (Å²) in [4.78, 5) is 4.51. The summed E-state index contributed by atoms with van der Waals surface area (Å²) < 4.78 is 2.01. The van der Waals surface area contributed by atoms with Crippen LogP contribution in [0.2, 0.25) is 0 Å². The minimum Gasteiger partial charge on any atom is -0.306 e. The lowest BCUT2D eigenvalue weighted by atomic mass is 10.2. The molecule has 1 radical (unpaired) electrons. The van der Waals surface area contributed by atoms with Crippen molar-refractivity contribution in [2.45, 2.75) is 0 Å². The molecule has 15 heavy (non-hydrogen) atoms. The Morgan fingerprint density at radius 1 is 1.07 bits per heavy atom. The zero-order chi connectivity index (χ0) is 10.1. The van der Waals surface area contributed by atoms with Crippen molar-refractivity contribution in [1.82, 2.24) is 9.38 Å². The molecule has 2 heteroatoms. The highest BCUT2D eigenvalue weighted by molar-refractivity contribution is 5.61. The summed E-state index contributed by atoms with van der Waals surface area (Å²) in [6, 6.07) is 17.0. The van der Waals surface area contributed by atoms with Crippen molar-refractivity contribution < 1.29 is 0 Å². The van der Waals surface area contributed by atoms with Gasteiger partial charge in [-0.05, 0) is 18.2 Å². The van der Waals surface area contributed by atoms with E-state index in [1.807, 2.05) is 59.3 Å². The smallest absolute Gasteiger partial charge is 0.137 e. The first-order valence-electron chi connectivity index (χ1n) is 4.84. The summed E-state index contributed by atoms with van der Waals surface area (Å²) >= 11 is 0. The Morgan fingerprint density at radius 3 is 2.80 bits per heavy atom. The van der Waals surface area contributed by atoms with E-state index in [1.54, 1.807) is 0 Å². The van der Waals surface area contributed by atoms with Crippen LogP contribution in [-0.4, -0.2) is 9.38 Å². The molecule has 0 aliphatic carbocycles. The minimum absolute atomic E-state index is 0.960. The molecule has 0 saturated carbocycles. The van der Waals surface area contributed by atoms with Gasteiger partial charge in [0.25, 0.3) is 0 Å². The molecule has 2 nitrogen and oxygen atoms in total. The zero-order valence-corrected chi connectivity index (χ0v) is 8.09. The highest BCUT2D eigenvalue weighted by Gasteiger charge is 2.02. The maximum absolute atomic E-state index is 4.51. The molecule has 0 saturated heterocycles. The van der Waals surface area contributed by atoms with Gasteiger partial charge in [-0.15, -0.1) is 0 Å². The summed E-state index contributed by atoms with van der Waals surface area (Å²) in [5.41, 5.74) is 2.95. The lowest BCUT2D eigenvalue weighted by molar-refractivity contribution is 1.19. The van der Waals surface area contributed by atoms with E-state index in [1.165, 1.54) is 0 Å². The van der Waals surface area contributed by atoms with E-state index in [4.69, 9.17) is 0 Å². The van der Waals surface area contributed by atoms with Gasteiger partial charge in [-0.3, -0.25) is 0 Å². The van der Waals surface area contributed by atoms with Crippen molar-refractivity contribution in [1.29, 1.82) is 0 Å². The van der Waals surface area contributed by atoms with Gasteiger partial charge in [0.1, 0.15) is 5.65 Å². The quantitative estimate of drug-likeness (QED) is 0.581. The van der Waals surface area contributed by atoms with Crippen LogP contribution in [0.5, 0.6) is 0 Å². The number of benzene rings is 1. The summed E-state index contributed by atoms with van der Waals surface area (Å²) in [7, 11) is 0. The molecule has 0 fully saturated rings. The number of hydrogen-bond donors (Lipinski definition) is 0. The van der Waals surface area contributed by atoms with Gasteiger partial charge in [-0.1, -0.05) is 30.3 Å². The molecule has 3 aromatic rings. The van der Waals surface area contributed by atoms with Crippen LogP contribution in [0.25, 0.3) is 16.9 Å². The Bertz CT molecular complexity index is 549. The van der Waals surface area contributed by atoms with Crippen LogP contribution in [0.1, 0.15) is 0 Å². The van der Waals surface area contributed by atoms with Crippen LogP contribution < -0.4 is 0 Å².